The number of hydrogen-bond acceptors (Lipinski definition) is 5. The molecule has 9 nitrogen and oxygen atoms in total. The first-order valence-electron chi connectivity index (χ1n) is 9.04. The Kier molecular flexibility index (Phi) is 5.85. The van der Waals surface area contributed by atoms with Crippen LogP contribution in [-0.4, -0.2) is 55.6 Å². The van der Waals surface area contributed by atoms with Crippen molar-refractivity contribution in [3.8, 4) is 5.82 Å². The lowest BCUT2D eigenvalue weighted by Gasteiger charge is -2.18. The molecule has 29 heavy (non-hydrogen) atoms. The van der Waals surface area contributed by atoms with Gasteiger partial charge in [0.1, 0.15) is 11.5 Å². The van der Waals surface area contributed by atoms with Crippen LogP contribution in [0.3, 0.4) is 0 Å². The smallest absolute Gasteiger partial charge is 0.421 e. The van der Waals surface area contributed by atoms with Gasteiger partial charge in [0.2, 0.25) is 10.0 Å². The number of amides is 1. The van der Waals surface area contributed by atoms with Crippen molar-refractivity contribution in [1.82, 2.24) is 23.6 Å². The summed E-state index contributed by atoms with van der Waals surface area (Å²) in [4.78, 5) is 15.7. The summed E-state index contributed by atoms with van der Waals surface area (Å²) < 4.78 is 29.2. The predicted molar refractivity (Wildman–Crippen MR) is 110 cm³/mol. The molecule has 0 aliphatic rings. The summed E-state index contributed by atoms with van der Waals surface area (Å²) in [6.45, 7) is 3.46. The SMILES string of the molecule is CCCN(C(=O)O)S(=O)(=O)CCc1c(C)nn(C)c1-n1ccc2cc(Cl)cnc21. The Morgan fingerprint density at radius 1 is 1.38 bits per heavy atom. The van der Waals surface area contributed by atoms with Crippen LogP contribution in [0, 0.1) is 6.92 Å². The summed E-state index contributed by atoms with van der Waals surface area (Å²) in [6, 6.07) is 3.66. The molecule has 11 heteroatoms. The number of carboxylic acid groups (broad SMARTS) is 1. The highest BCUT2D eigenvalue weighted by Gasteiger charge is 2.27. The van der Waals surface area contributed by atoms with E-state index in [1.165, 1.54) is 0 Å². The maximum absolute atomic E-state index is 12.6. The summed E-state index contributed by atoms with van der Waals surface area (Å²) >= 11 is 6.01. The Balaban J connectivity index is 1.99. The van der Waals surface area contributed by atoms with Crippen LogP contribution in [0.5, 0.6) is 0 Å². The highest BCUT2D eigenvalue weighted by atomic mass is 35.5. The maximum atomic E-state index is 12.6. The number of fused-ring (bicyclic) bond motifs is 1. The van der Waals surface area contributed by atoms with E-state index in [0.717, 1.165) is 5.39 Å². The molecule has 3 aromatic heterocycles. The van der Waals surface area contributed by atoms with Gasteiger partial charge in [0.15, 0.2) is 0 Å². The van der Waals surface area contributed by atoms with E-state index in [0.29, 0.717) is 38.5 Å². The Labute approximate surface area is 173 Å². The summed E-state index contributed by atoms with van der Waals surface area (Å²) in [5.74, 6) is 0.344. The molecular weight excluding hydrogens is 418 g/mol. The zero-order valence-corrected chi connectivity index (χ0v) is 17.9. The van der Waals surface area contributed by atoms with Gasteiger partial charge in [-0.25, -0.2) is 22.5 Å². The van der Waals surface area contributed by atoms with E-state index in [-0.39, 0.29) is 18.7 Å². The molecule has 0 bridgehead atoms. The van der Waals surface area contributed by atoms with Gasteiger partial charge < -0.3 is 5.11 Å². The summed E-state index contributed by atoms with van der Waals surface area (Å²) in [7, 11) is -2.20. The Morgan fingerprint density at radius 3 is 2.76 bits per heavy atom. The second-order valence-corrected chi connectivity index (χ2v) is 9.13. The fourth-order valence-electron chi connectivity index (χ4n) is 3.35. The van der Waals surface area contributed by atoms with Crippen molar-refractivity contribution in [2.45, 2.75) is 26.7 Å². The molecule has 0 saturated heterocycles. The van der Waals surface area contributed by atoms with Crippen LogP contribution < -0.4 is 0 Å². The number of rotatable bonds is 7. The van der Waals surface area contributed by atoms with Crippen LogP contribution in [0.2, 0.25) is 5.02 Å². The van der Waals surface area contributed by atoms with Gasteiger partial charge in [-0.05, 0) is 31.9 Å². The number of sulfonamides is 1. The van der Waals surface area contributed by atoms with Gasteiger partial charge >= 0.3 is 6.09 Å². The minimum atomic E-state index is -3.97. The molecule has 0 saturated carbocycles. The first-order chi connectivity index (χ1) is 13.7. The molecule has 0 atom stereocenters. The Hall–Kier alpha value is -2.59. The number of nitrogens with zero attached hydrogens (tertiary/aromatic N) is 5. The van der Waals surface area contributed by atoms with Crippen molar-refractivity contribution in [3.05, 3.63) is 40.8 Å². The van der Waals surface area contributed by atoms with E-state index in [9.17, 15) is 18.3 Å². The molecule has 0 spiro atoms. The van der Waals surface area contributed by atoms with Crippen LogP contribution in [0.15, 0.2) is 24.5 Å². The minimum absolute atomic E-state index is 0.0660. The molecule has 3 rings (SSSR count). The lowest BCUT2D eigenvalue weighted by molar-refractivity contribution is 0.172. The molecule has 156 valence electrons. The number of hydrogen-bond donors (Lipinski definition) is 1. The van der Waals surface area contributed by atoms with E-state index in [1.807, 2.05) is 16.8 Å². The Morgan fingerprint density at radius 2 is 2.10 bits per heavy atom. The molecule has 0 aliphatic heterocycles. The van der Waals surface area contributed by atoms with E-state index in [2.05, 4.69) is 10.1 Å². The molecule has 1 amide bonds. The lowest BCUT2D eigenvalue weighted by Crippen LogP contribution is -2.38. The van der Waals surface area contributed by atoms with E-state index < -0.39 is 16.1 Å². The summed E-state index contributed by atoms with van der Waals surface area (Å²) in [5.41, 5.74) is 2.05. The first-order valence-corrected chi connectivity index (χ1v) is 11.0. The van der Waals surface area contributed by atoms with Crippen molar-refractivity contribution < 1.29 is 18.3 Å². The molecule has 0 unspecified atom stereocenters. The summed E-state index contributed by atoms with van der Waals surface area (Å²) in [5, 5.41) is 15.0. The third kappa shape index (κ3) is 4.08. The zero-order valence-electron chi connectivity index (χ0n) is 16.3. The highest BCUT2D eigenvalue weighted by Crippen LogP contribution is 2.25. The molecule has 0 fully saturated rings. The Bertz CT molecular complexity index is 1170. The summed E-state index contributed by atoms with van der Waals surface area (Å²) in [6.07, 6.45) is 2.43. The van der Waals surface area contributed by atoms with Gasteiger partial charge in [-0.2, -0.15) is 5.10 Å². The van der Waals surface area contributed by atoms with Crippen molar-refractivity contribution in [1.29, 1.82) is 0 Å². The van der Waals surface area contributed by atoms with Gasteiger partial charge in [0.05, 0.1) is 16.5 Å². The fourth-order valence-corrected chi connectivity index (χ4v) is 4.90. The first kappa shape index (κ1) is 21.1. The third-order valence-corrected chi connectivity index (χ3v) is 6.56. The van der Waals surface area contributed by atoms with Crippen LogP contribution in [-0.2, 0) is 23.5 Å². The zero-order chi connectivity index (χ0) is 21.3. The quantitative estimate of drug-likeness (QED) is 0.605. The number of carbonyl (C=O) groups is 1. The fraction of sp³-hybridized carbons (Fsp3) is 0.389. The van der Waals surface area contributed by atoms with Crippen LogP contribution >= 0.6 is 11.6 Å². The number of aromatic nitrogens is 4. The van der Waals surface area contributed by atoms with E-state index in [4.69, 9.17) is 11.6 Å². The van der Waals surface area contributed by atoms with Gasteiger partial charge in [-0.3, -0.25) is 9.25 Å². The number of halogens is 1. The molecular formula is C18H22ClN5O4S. The standard InChI is InChI=1S/C18H22ClN5O4S/c1-4-7-24(18(25)26)29(27,28)9-6-15-12(2)21-22(3)17(15)23-8-5-13-10-14(19)11-20-16(13)23/h5,8,10-11H,4,6-7,9H2,1-3H3,(H,25,26). The molecule has 3 heterocycles. The van der Waals surface area contributed by atoms with Crippen LogP contribution in [0.1, 0.15) is 24.6 Å². The molecule has 3 aromatic rings. The largest absolute Gasteiger partial charge is 0.464 e. The number of pyridine rings is 1. The minimum Gasteiger partial charge on any atom is -0.464 e. The van der Waals surface area contributed by atoms with Crippen molar-refractivity contribution in [2.75, 3.05) is 12.3 Å². The van der Waals surface area contributed by atoms with Crippen molar-refractivity contribution >= 4 is 38.8 Å². The number of aryl methyl sites for hydroxylation is 2. The average molecular weight is 440 g/mol. The average Bonchev–Trinajstić information content (AvgIpc) is 3.16. The second kappa shape index (κ2) is 8.03. The van der Waals surface area contributed by atoms with E-state index >= 15 is 0 Å². The van der Waals surface area contributed by atoms with Gasteiger partial charge in [-0.1, -0.05) is 18.5 Å². The molecule has 0 radical (unpaired) electrons. The topological polar surface area (TPSA) is 110 Å². The van der Waals surface area contributed by atoms with E-state index in [1.54, 1.807) is 37.8 Å². The molecule has 0 aliphatic carbocycles. The van der Waals surface area contributed by atoms with Gasteiger partial charge in [0.25, 0.3) is 0 Å². The molecule has 1 N–H and O–H groups in total. The monoisotopic (exact) mass is 439 g/mol. The lowest BCUT2D eigenvalue weighted by atomic mass is 10.2. The van der Waals surface area contributed by atoms with Crippen molar-refractivity contribution in [3.63, 3.8) is 0 Å². The normalized spacial score (nSPS) is 11.9. The van der Waals surface area contributed by atoms with Gasteiger partial charge in [-0.15, -0.1) is 0 Å². The van der Waals surface area contributed by atoms with Gasteiger partial charge in [0, 0.05) is 36.9 Å². The second-order valence-electron chi connectivity index (χ2n) is 6.68. The predicted octanol–water partition coefficient (Wildman–Crippen LogP) is 2.98. The molecule has 0 aromatic carbocycles. The maximum Gasteiger partial charge on any atom is 0.421 e. The van der Waals surface area contributed by atoms with Crippen LogP contribution in [0.4, 0.5) is 4.79 Å². The highest BCUT2D eigenvalue weighted by molar-refractivity contribution is 7.89. The third-order valence-electron chi connectivity index (χ3n) is 4.62. The van der Waals surface area contributed by atoms with Crippen LogP contribution in [0.25, 0.3) is 16.9 Å². The van der Waals surface area contributed by atoms with Crippen molar-refractivity contribution in [2.24, 2.45) is 7.05 Å².